The van der Waals surface area contributed by atoms with Gasteiger partial charge in [-0.2, -0.15) is 0 Å². The van der Waals surface area contributed by atoms with Gasteiger partial charge in [-0.1, -0.05) is 6.92 Å². The third-order valence-electron chi connectivity index (χ3n) is 3.54. The lowest BCUT2D eigenvalue weighted by Crippen LogP contribution is -2.22. The van der Waals surface area contributed by atoms with Gasteiger partial charge in [0, 0.05) is 18.8 Å². The van der Waals surface area contributed by atoms with Gasteiger partial charge < -0.3 is 15.3 Å². The number of nitrogens with one attached hydrogen (secondary N) is 1. The number of aromatic carboxylic acids is 1. The third-order valence-corrected chi connectivity index (χ3v) is 3.54. The van der Waals surface area contributed by atoms with Gasteiger partial charge >= 0.3 is 5.97 Å². The highest BCUT2D eigenvalue weighted by atomic mass is 16.4. The molecule has 1 aliphatic heterocycles. The van der Waals surface area contributed by atoms with Gasteiger partial charge in [0.1, 0.15) is 0 Å². The van der Waals surface area contributed by atoms with Crippen LogP contribution in [0, 0.1) is 5.92 Å². The summed E-state index contributed by atoms with van der Waals surface area (Å²) in [6.07, 6.45) is 1.24. The fourth-order valence-electron chi connectivity index (χ4n) is 2.36. The van der Waals surface area contributed by atoms with Gasteiger partial charge in [0.25, 0.3) is 0 Å². The van der Waals surface area contributed by atoms with Gasteiger partial charge in [0.2, 0.25) is 0 Å². The first-order valence-corrected chi connectivity index (χ1v) is 6.48. The van der Waals surface area contributed by atoms with Gasteiger partial charge in [0.05, 0.1) is 5.56 Å². The molecule has 0 radical (unpaired) electrons. The van der Waals surface area contributed by atoms with E-state index in [-0.39, 0.29) is 0 Å². The van der Waals surface area contributed by atoms with Crippen LogP contribution >= 0.6 is 0 Å². The van der Waals surface area contributed by atoms with Crippen LogP contribution in [-0.2, 0) is 0 Å². The summed E-state index contributed by atoms with van der Waals surface area (Å²) in [7, 11) is 0. The van der Waals surface area contributed by atoms with E-state index >= 15 is 0 Å². The standard InChI is InChI=1S/C14H20N2O2/c1-2-16-8-7-11(10-16)9-15-13-5-3-12(4-6-13)14(17)18/h3-6,11,15H,2,7-10H2,1H3,(H,17,18). The molecule has 1 aliphatic rings. The number of rotatable bonds is 5. The van der Waals surface area contributed by atoms with E-state index in [2.05, 4.69) is 17.1 Å². The third kappa shape index (κ3) is 3.23. The van der Waals surface area contributed by atoms with Crippen LogP contribution < -0.4 is 5.32 Å². The van der Waals surface area contributed by atoms with Crippen LogP contribution in [0.25, 0.3) is 0 Å². The first-order chi connectivity index (χ1) is 8.69. The molecule has 1 unspecified atom stereocenters. The Labute approximate surface area is 108 Å². The Kier molecular flexibility index (Phi) is 4.20. The van der Waals surface area contributed by atoms with E-state index < -0.39 is 5.97 Å². The van der Waals surface area contributed by atoms with Crippen molar-refractivity contribution in [2.45, 2.75) is 13.3 Å². The van der Waals surface area contributed by atoms with Crippen LogP contribution in [0.2, 0.25) is 0 Å². The zero-order chi connectivity index (χ0) is 13.0. The largest absolute Gasteiger partial charge is 0.478 e. The number of carbonyl (C=O) groups is 1. The molecule has 1 aromatic carbocycles. The summed E-state index contributed by atoms with van der Waals surface area (Å²) in [5.41, 5.74) is 1.33. The molecule has 4 heteroatoms. The average molecular weight is 248 g/mol. The van der Waals surface area contributed by atoms with Gasteiger partial charge in [-0.15, -0.1) is 0 Å². The lowest BCUT2D eigenvalue weighted by atomic mass is 10.1. The smallest absolute Gasteiger partial charge is 0.335 e. The maximum atomic E-state index is 10.7. The molecule has 18 heavy (non-hydrogen) atoms. The minimum absolute atomic E-state index is 0.332. The Hall–Kier alpha value is -1.55. The molecule has 0 bridgehead atoms. The minimum Gasteiger partial charge on any atom is -0.478 e. The van der Waals surface area contributed by atoms with Crippen LogP contribution in [0.5, 0.6) is 0 Å². The molecule has 2 N–H and O–H groups in total. The van der Waals surface area contributed by atoms with Gasteiger partial charge in [0.15, 0.2) is 0 Å². The molecule has 0 aliphatic carbocycles. The Balaban J connectivity index is 1.82. The quantitative estimate of drug-likeness (QED) is 0.838. The number of nitrogens with zero attached hydrogens (tertiary/aromatic N) is 1. The molecule has 1 aromatic rings. The molecular formula is C14H20N2O2. The molecule has 2 rings (SSSR count). The van der Waals surface area contributed by atoms with Crippen molar-refractivity contribution in [3.05, 3.63) is 29.8 Å². The normalized spacial score (nSPS) is 19.9. The first kappa shape index (κ1) is 12.9. The number of anilines is 1. The predicted octanol–water partition coefficient (Wildman–Crippen LogP) is 2.14. The fraction of sp³-hybridized carbons (Fsp3) is 0.500. The summed E-state index contributed by atoms with van der Waals surface area (Å²) in [6.45, 7) is 6.64. The molecule has 98 valence electrons. The van der Waals surface area contributed by atoms with Crippen LogP contribution in [0.3, 0.4) is 0 Å². The Bertz CT molecular complexity index is 403. The topological polar surface area (TPSA) is 52.6 Å². The van der Waals surface area contributed by atoms with Crippen LogP contribution in [-0.4, -0.2) is 42.2 Å². The number of carboxylic acids is 1. The Morgan fingerprint density at radius 2 is 2.17 bits per heavy atom. The van der Waals surface area contributed by atoms with Crippen LogP contribution in [0.15, 0.2) is 24.3 Å². The minimum atomic E-state index is -0.879. The van der Waals surface area contributed by atoms with Crippen LogP contribution in [0.4, 0.5) is 5.69 Å². The summed E-state index contributed by atoms with van der Waals surface area (Å²) in [6, 6.07) is 6.93. The number of carboxylic acid groups (broad SMARTS) is 1. The first-order valence-electron chi connectivity index (χ1n) is 6.48. The molecule has 4 nitrogen and oxygen atoms in total. The van der Waals surface area contributed by atoms with E-state index in [4.69, 9.17) is 5.11 Å². The molecule has 0 spiro atoms. The zero-order valence-electron chi connectivity index (χ0n) is 10.7. The van der Waals surface area contributed by atoms with Crippen molar-refractivity contribution < 1.29 is 9.90 Å². The molecule has 1 atom stereocenters. The highest BCUT2D eigenvalue weighted by Crippen LogP contribution is 2.17. The van der Waals surface area contributed by atoms with E-state index in [1.54, 1.807) is 12.1 Å². The van der Waals surface area contributed by atoms with Crippen molar-refractivity contribution in [3.8, 4) is 0 Å². The van der Waals surface area contributed by atoms with Crippen molar-refractivity contribution in [2.24, 2.45) is 5.92 Å². The van der Waals surface area contributed by atoms with Crippen molar-refractivity contribution >= 4 is 11.7 Å². The van der Waals surface area contributed by atoms with Crippen molar-refractivity contribution in [1.82, 2.24) is 4.90 Å². The predicted molar refractivity (Wildman–Crippen MR) is 72.1 cm³/mol. The van der Waals surface area contributed by atoms with Gasteiger partial charge in [-0.25, -0.2) is 4.79 Å². The fourth-order valence-corrected chi connectivity index (χ4v) is 2.36. The number of benzene rings is 1. The lowest BCUT2D eigenvalue weighted by molar-refractivity contribution is 0.0697. The van der Waals surface area contributed by atoms with E-state index in [9.17, 15) is 4.79 Å². The molecule has 0 amide bonds. The van der Waals surface area contributed by atoms with E-state index in [1.807, 2.05) is 12.1 Å². The Morgan fingerprint density at radius 1 is 1.44 bits per heavy atom. The number of hydrogen-bond acceptors (Lipinski definition) is 3. The average Bonchev–Trinajstić information content (AvgIpc) is 2.85. The molecule has 1 heterocycles. The van der Waals surface area contributed by atoms with E-state index in [0.29, 0.717) is 11.5 Å². The highest BCUT2D eigenvalue weighted by Gasteiger charge is 2.20. The second-order valence-corrected chi connectivity index (χ2v) is 4.81. The summed E-state index contributed by atoms with van der Waals surface area (Å²) in [5, 5.41) is 12.2. The van der Waals surface area contributed by atoms with E-state index in [1.165, 1.54) is 13.0 Å². The second-order valence-electron chi connectivity index (χ2n) is 4.81. The molecule has 0 aromatic heterocycles. The SMILES string of the molecule is CCN1CCC(CNc2ccc(C(=O)O)cc2)C1. The van der Waals surface area contributed by atoms with Crippen LogP contribution in [0.1, 0.15) is 23.7 Å². The molecule has 1 fully saturated rings. The zero-order valence-corrected chi connectivity index (χ0v) is 10.7. The Morgan fingerprint density at radius 3 is 2.72 bits per heavy atom. The van der Waals surface area contributed by atoms with E-state index in [0.717, 1.165) is 25.3 Å². The van der Waals surface area contributed by atoms with Gasteiger partial charge in [-0.3, -0.25) is 0 Å². The van der Waals surface area contributed by atoms with Crippen molar-refractivity contribution in [3.63, 3.8) is 0 Å². The number of likely N-dealkylation sites (tertiary alicyclic amines) is 1. The second kappa shape index (κ2) is 5.87. The summed E-state index contributed by atoms with van der Waals surface area (Å²) in [4.78, 5) is 13.2. The highest BCUT2D eigenvalue weighted by molar-refractivity contribution is 5.87. The monoisotopic (exact) mass is 248 g/mol. The van der Waals surface area contributed by atoms with Crippen molar-refractivity contribution in [2.75, 3.05) is 31.5 Å². The summed E-state index contributed by atoms with van der Waals surface area (Å²) >= 11 is 0. The summed E-state index contributed by atoms with van der Waals surface area (Å²) in [5.74, 6) is -0.181. The molecule has 0 saturated carbocycles. The molecular weight excluding hydrogens is 228 g/mol. The lowest BCUT2D eigenvalue weighted by Gasteiger charge is -2.14. The van der Waals surface area contributed by atoms with Crippen molar-refractivity contribution in [1.29, 1.82) is 0 Å². The number of hydrogen-bond donors (Lipinski definition) is 2. The molecule has 1 saturated heterocycles. The summed E-state index contributed by atoms with van der Waals surface area (Å²) < 4.78 is 0. The van der Waals surface area contributed by atoms with Gasteiger partial charge in [-0.05, 0) is 49.7 Å². The maximum Gasteiger partial charge on any atom is 0.335 e. The maximum absolute atomic E-state index is 10.7.